The van der Waals surface area contributed by atoms with Gasteiger partial charge in [-0.1, -0.05) is 38.1 Å². The first-order valence-electron chi connectivity index (χ1n) is 7.94. The highest BCUT2D eigenvalue weighted by molar-refractivity contribution is 5.94. The number of carbonyl (C=O) groups is 1. The smallest absolute Gasteiger partial charge is 0.251 e. The first-order valence-corrected chi connectivity index (χ1v) is 7.94. The highest BCUT2D eigenvalue weighted by Crippen LogP contribution is 2.09. The Balaban J connectivity index is 1.79. The molecule has 1 N–H and O–H groups in total. The number of likely N-dealkylation sites (tertiary alicyclic amines) is 1. The number of hydrogen-bond donors (Lipinski definition) is 1. The van der Waals surface area contributed by atoms with E-state index in [2.05, 4.69) is 36.2 Å². The Morgan fingerprint density at radius 1 is 1.24 bits per heavy atom. The zero-order chi connectivity index (χ0) is 15.1. The highest BCUT2D eigenvalue weighted by Gasteiger charge is 2.11. The largest absolute Gasteiger partial charge is 0.351 e. The van der Waals surface area contributed by atoms with Crippen LogP contribution in [0.2, 0.25) is 0 Å². The van der Waals surface area contributed by atoms with Gasteiger partial charge in [-0.15, -0.1) is 0 Å². The van der Waals surface area contributed by atoms with E-state index in [-0.39, 0.29) is 5.91 Å². The molecule has 0 unspecified atom stereocenters. The molecule has 0 spiro atoms. The number of carbonyl (C=O) groups excluding carboxylic acids is 1. The molecule has 1 fully saturated rings. The second-order valence-electron chi connectivity index (χ2n) is 6.03. The molecule has 1 saturated heterocycles. The molecule has 21 heavy (non-hydrogen) atoms. The first-order chi connectivity index (χ1) is 10.1. The third-order valence-corrected chi connectivity index (χ3v) is 3.76. The molecule has 0 aliphatic carbocycles. The van der Waals surface area contributed by atoms with Gasteiger partial charge in [-0.05, 0) is 49.5 Å². The number of rotatable bonds is 6. The van der Waals surface area contributed by atoms with Gasteiger partial charge in [0.2, 0.25) is 0 Å². The summed E-state index contributed by atoms with van der Waals surface area (Å²) in [6.45, 7) is 8.34. The standard InChI is InChI=1S/C18H26N2O/c1-15(2)5-6-16-7-9-17(10-8-16)18(21)19-11-14-20-12-3-4-13-20/h5-10,15H,3-4,11-14H2,1-2H3,(H,19,21). The molecule has 3 nitrogen and oxygen atoms in total. The van der Waals surface area contributed by atoms with Crippen molar-refractivity contribution in [3.8, 4) is 0 Å². The topological polar surface area (TPSA) is 32.3 Å². The average Bonchev–Trinajstić information content (AvgIpc) is 2.99. The van der Waals surface area contributed by atoms with Gasteiger partial charge in [0, 0.05) is 18.7 Å². The van der Waals surface area contributed by atoms with Crippen LogP contribution < -0.4 is 5.32 Å². The van der Waals surface area contributed by atoms with Crippen LogP contribution in [0, 0.1) is 5.92 Å². The van der Waals surface area contributed by atoms with E-state index in [9.17, 15) is 4.79 Å². The fourth-order valence-electron chi connectivity index (χ4n) is 2.49. The fraction of sp³-hybridized carbons (Fsp3) is 0.500. The summed E-state index contributed by atoms with van der Waals surface area (Å²) in [4.78, 5) is 14.5. The zero-order valence-corrected chi connectivity index (χ0v) is 13.1. The van der Waals surface area contributed by atoms with Crippen molar-refractivity contribution >= 4 is 12.0 Å². The van der Waals surface area contributed by atoms with Gasteiger partial charge in [0.15, 0.2) is 0 Å². The van der Waals surface area contributed by atoms with E-state index in [1.807, 2.05) is 24.3 Å². The Morgan fingerprint density at radius 3 is 2.52 bits per heavy atom. The van der Waals surface area contributed by atoms with E-state index < -0.39 is 0 Å². The van der Waals surface area contributed by atoms with Crippen LogP contribution in [0.5, 0.6) is 0 Å². The molecule has 1 aromatic carbocycles. The number of amides is 1. The van der Waals surface area contributed by atoms with Gasteiger partial charge in [0.25, 0.3) is 5.91 Å². The molecule has 0 atom stereocenters. The van der Waals surface area contributed by atoms with E-state index in [0.717, 1.165) is 24.2 Å². The minimum atomic E-state index is 0.0218. The Morgan fingerprint density at radius 2 is 1.90 bits per heavy atom. The van der Waals surface area contributed by atoms with Gasteiger partial charge in [0.1, 0.15) is 0 Å². The normalized spacial score (nSPS) is 16.0. The number of benzene rings is 1. The third kappa shape index (κ3) is 5.35. The number of nitrogens with one attached hydrogen (secondary N) is 1. The average molecular weight is 286 g/mol. The Labute approximate surface area is 128 Å². The molecule has 1 aliphatic rings. The quantitative estimate of drug-likeness (QED) is 0.871. The van der Waals surface area contributed by atoms with Crippen molar-refractivity contribution in [1.82, 2.24) is 10.2 Å². The zero-order valence-electron chi connectivity index (χ0n) is 13.1. The maximum absolute atomic E-state index is 12.0. The molecule has 1 heterocycles. The van der Waals surface area contributed by atoms with Crippen LogP contribution in [-0.2, 0) is 0 Å². The SMILES string of the molecule is CC(C)C=Cc1ccc(C(=O)NCCN2CCCC2)cc1. The second kappa shape index (κ2) is 7.99. The van der Waals surface area contributed by atoms with E-state index in [1.165, 1.54) is 25.9 Å². The van der Waals surface area contributed by atoms with Crippen molar-refractivity contribution in [2.24, 2.45) is 5.92 Å². The van der Waals surface area contributed by atoms with Gasteiger partial charge < -0.3 is 10.2 Å². The molecule has 2 rings (SSSR count). The van der Waals surface area contributed by atoms with E-state index >= 15 is 0 Å². The lowest BCUT2D eigenvalue weighted by molar-refractivity contribution is 0.0950. The summed E-state index contributed by atoms with van der Waals surface area (Å²) >= 11 is 0. The molecule has 1 aromatic rings. The first kappa shape index (κ1) is 15.8. The number of nitrogens with zero attached hydrogens (tertiary/aromatic N) is 1. The van der Waals surface area contributed by atoms with Crippen molar-refractivity contribution in [3.05, 3.63) is 41.5 Å². The number of hydrogen-bond acceptors (Lipinski definition) is 2. The molecule has 0 saturated carbocycles. The summed E-state index contributed by atoms with van der Waals surface area (Å²) in [5.41, 5.74) is 1.87. The lowest BCUT2D eigenvalue weighted by Gasteiger charge is -2.14. The number of allylic oxidation sites excluding steroid dienone is 1. The highest BCUT2D eigenvalue weighted by atomic mass is 16.1. The molecule has 0 aromatic heterocycles. The Bertz CT molecular complexity index is 470. The van der Waals surface area contributed by atoms with Crippen LogP contribution >= 0.6 is 0 Å². The predicted molar refractivity (Wildman–Crippen MR) is 88.3 cm³/mol. The van der Waals surface area contributed by atoms with Crippen molar-refractivity contribution in [2.75, 3.05) is 26.2 Å². The second-order valence-corrected chi connectivity index (χ2v) is 6.03. The minimum absolute atomic E-state index is 0.0218. The summed E-state index contributed by atoms with van der Waals surface area (Å²) in [6.07, 6.45) is 6.84. The lowest BCUT2D eigenvalue weighted by atomic mass is 10.1. The van der Waals surface area contributed by atoms with Gasteiger partial charge in [-0.2, -0.15) is 0 Å². The van der Waals surface area contributed by atoms with Crippen LogP contribution in [0.25, 0.3) is 6.08 Å². The monoisotopic (exact) mass is 286 g/mol. The van der Waals surface area contributed by atoms with Gasteiger partial charge in [0.05, 0.1) is 0 Å². The maximum atomic E-state index is 12.0. The molecule has 3 heteroatoms. The summed E-state index contributed by atoms with van der Waals surface area (Å²) in [6, 6.07) is 7.78. The van der Waals surface area contributed by atoms with E-state index in [4.69, 9.17) is 0 Å². The molecule has 0 bridgehead atoms. The van der Waals surface area contributed by atoms with Gasteiger partial charge in [-0.3, -0.25) is 4.79 Å². The molecular weight excluding hydrogens is 260 g/mol. The predicted octanol–water partition coefficient (Wildman–Crippen LogP) is 3.18. The summed E-state index contributed by atoms with van der Waals surface area (Å²) in [7, 11) is 0. The molecule has 1 aliphatic heterocycles. The maximum Gasteiger partial charge on any atom is 0.251 e. The van der Waals surface area contributed by atoms with Crippen LogP contribution in [0.3, 0.4) is 0 Å². The lowest BCUT2D eigenvalue weighted by Crippen LogP contribution is -2.33. The van der Waals surface area contributed by atoms with Gasteiger partial charge >= 0.3 is 0 Å². The van der Waals surface area contributed by atoms with Gasteiger partial charge in [-0.25, -0.2) is 0 Å². The van der Waals surface area contributed by atoms with Crippen molar-refractivity contribution < 1.29 is 4.79 Å². The molecule has 0 radical (unpaired) electrons. The third-order valence-electron chi connectivity index (χ3n) is 3.76. The molecule has 1 amide bonds. The van der Waals surface area contributed by atoms with Crippen molar-refractivity contribution in [1.29, 1.82) is 0 Å². The summed E-state index contributed by atoms with van der Waals surface area (Å²) < 4.78 is 0. The fourth-order valence-corrected chi connectivity index (χ4v) is 2.49. The van der Waals surface area contributed by atoms with Crippen LogP contribution in [0.4, 0.5) is 0 Å². The van der Waals surface area contributed by atoms with Crippen LogP contribution in [0.15, 0.2) is 30.3 Å². The Kier molecular flexibility index (Phi) is 6.00. The van der Waals surface area contributed by atoms with Crippen LogP contribution in [-0.4, -0.2) is 37.0 Å². The molecule has 114 valence electrons. The van der Waals surface area contributed by atoms with E-state index in [0.29, 0.717) is 5.92 Å². The van der Waals surface area contributed by atoms with Crippen molar-refractivity contribution in [2.45, 2.75) is 26.7 Å². The van der Waals surface area contributed by atoms with Crippen molar-refractivity contribution in [3.63, 3.8) is 0 Å². The summed E-state index contributed by atoms with van der Waals surface area (Å²) in [5.74, 6) is 0.562. The summed E-state index contributed by atoms with van der Waals surface area (Å²) in [5, 5.41) is 3.00. The minimum Gasteiger partial charge on any atom is -0.351 e. The molecular formula is C18H26N2O. The van der Waals surface area contributed by atoms with Crippen LogP contribution in [0.1, 0.15) is 42.6 Å². The van der Waals surface area contributed by atoms with E-state index in [1.54, 1.807) is 0 Å². The Hall–Kier alpha value is -1.61.